The molecule has 0 aliphatic carbocycles. The van der Waals surface area contributed by atoms with Crippen LogP contribution in [0.3, 0.4) is 0 Å². The molecular weight excluding hydrogens is 478 g/mol. The van der Waals surface area contributed by atoms with Crippen LogP contribution in [0.1, 0.15) is 48.4 Å². The first kappa shape index (κ1) is 13.2. The average molecular weight is 517 g/mol. The van der Waals surface area contributed by atoms with E-state index in [1.807, 2.05) is 0 Å². The molecule has 1 heterocycles. The van der Waals surface area contributed by atoms with E-state index in [0.29, 0.717) is 11.3 Å². The fraction of sp³-hybridized carbons (Fsp3) is 0.450. The minimum Gasteiger partial charge on any atom is -0.400 e. The van der Waals surface area contributed by atoms with Gasteiger partial charge in [0.25, 0.3) is 0 Å². The van der Waals surface area contributed by atoms with E-state index in [1.165, 1.54) is 30.5 Å². The maximum Gasteiger partial charge on any atom is 0.0322 e. The fourth-order valence-electron chi connectivity index (χ4n) is 1.69. The zero-order chi connectivity index (χ0) is 24.8. The predicted molar refractivity (Wildman–Crippen MR) is 97.4 cm³/mol. The Labute approximate surface area is 171 Å². The molecule has 1 radical (unpaired) electrons. The number of rotatable bonds is 2. The van der Waals surface area contributed by atoms with E-state index in [2.05, 4.69) is 11.1 Å². The normalized spacial score (nSPS) is 16.3. The van der Waals surface area contributed by atoms with Crippen molar-refractivity contribution in [2.75, 3.05) is 14.2 Å². The molecule has 3 nitrogen and oxygen atoms in total. The second-order valence-electron chi connectivity index (χ2n) is 5.48. The van der Waals surface area contributed by atoms with Gasteiger partial charge in [-0.2, -0.15) is 0 Å². The third kappa shape index (κ3) is 8.70. The largest absolute Gasteiger partial charge is 0.400 e. The summed E-state index contributed by atoms with van der Waals surface area (Å²) in [5.74, 6) is 0. The van der Waals surface area contributed by atoms with E-state index in [4.69, 9.17) is 21.2 Å². The summed E-state index contributed by atoms with van der Waals surface area (Å²) in [6.07, 6.45) is -0.648. The van der Waals surface area contributed by atoms with Gasteiger partial charge in [-0.15, -0.1) is 35.4 Å². The molecule has 1 aromatic heterocycles. The molecule has 2 aromatic rings. The molecule has 1 aromatic carbocycles. The molecule has 4 heteroatoms. The van der Waals surface area contributed by atoms with Crippen LogP contribution < -0.4 is 0 Å². The minimum absolute atomic E-state index is 0. The summed E-state index contributed by atoms with van der Waals surface area (Å²) in [7, 11) is 2.00. The van der Waals surface area contributed by atoms with E-state index >= 15 is 0 Å². The number of aryl methyl sites for hydroxylation is 2. The molecule has 0 fully saturated rings. The summed E-state index contributed by atoms with van der Waals surface area (Å²) in [4.78, 5) is 4.23. The second kappa shape index (κ2) is 12.3. The van der Waals surface area contributed by atoms with Gasteiger partial charge in [0.2, 0.25) is 0 Å². The van der Waals surface area contributed by atoms with Crippen molar-refractivity contribution in [3.8, 4) is 11.3 Å². The van der Waals surface area contributed by atoms with Crippen LogP contribution >= 0.6 is 0 Å². The zero-order valence-corrected chi connectivity index (χ0v) is 17.0. The smallest absolute Gasteiger partial charge is 0.0322 e. The van der Waals surface area contributed by atoms with Gasteiger partial charge in [-0.1, -0.05) is 39.3 Å². The van der Waals surface area contributed by atoms with Crippen LogP contribution in [0.15, 0.2) is 30.5 Å². The molecule has 137 valence electrons. The number of aliphatic hydroxyl groups excluding tert-OH is 2. The van der Waals surface area contributed by atoms with Gasteiger partial charge in [0.1, 0.15) is 0 Å². The maximum absolute atomic E-state index is 8.42. The molecule has 2 rings (SSSR count). The molecule has 0 aliphatic rings. The number of benzene rings is 1. The van der Waals surface area contributed by atoms with E-state index in [0.717, 1.165) is 14.2 Å². The summed E-state index contributed by atoms with van der Waals surface area (Å²) < 4.78 is 62.5. The standard InChI is InChI=1S/C18H22N.2CH4O.Ir/c1-13-6-8-15(9-7-13)17-10-14(2)16(12-19-17)11-18(3,4)5;2*1-2;/h6-8,10,12H,11H2,1-5H3;2*2H,1H3;/q-1;;;/i1D3,2D3,11D2;;;. The van der Waals surface area contributed by atoms with Crippen LogP contribution in [0.5, 0.6) is 0 Å². The monoisotopic (exact) mass is 517 g/mol. The van der Waals surface area contributed by atoms with Crippen molar-refractivity contribution in [3.63, 3.8) is 0 Å². The van der Waals surface area contributed by atoms with Gasteiger partial charge in [0.15, 0.2) is 0 Å². The first-order valence-corrected chi connectivity index (χ1v) is 6.98. The third-order valence-electron chi connectivity index (χ3n) is 2.50. The summed E-state index contributed by atoms with van der Waals surface area (Å²) in [5.41, 5.74) is -0.0476. The van der Waals surface area contributed by atoms with Gasteiger partial charge in [-0.25, -0.2) is 0 Å². The Morgan fingerprint density at radius 3 is 2.29 bits per heavy atom. The summed E-state index contributed by atoms with van der Waals surface area (Å²) in [6, 6.07) is 8.45. The molecule has 0 unspecified atom stereocenters. The molecule has 0 spiro atoms. The predicted octanol–water partition coefficient (Wildman–Crippen LogP) is 3.97. The number of pyridine rings is 1. The topological polar surface area (TPSA) is 53.4 Å². The molecule has 0 saturated carbocycles. The molecule has 0 bridgehead atoms. The summed E-state index contributed by atoms with van der Waals surface area (Å²) >= 11 is 0. The van der Waals surface area contributed by atoms with Gasteiger partial charge in [0, 0.05) is 51.5 Å². The Balaban J connectivity index is 0. The average Bonchev–Trinajstić information content (AvgIpc) is 2.68. The van der Waals surface area contributed by atoms with Crippen molar-refractivity contribution in [2.24, 2.45) is 5.41 Å². The molecule has 24 heavy (non-hydrogen) atoms. The first-order chi connectivity index (χ1) is 14.0. The van der Waals surface area contributed by atoms with Crippen molar-refractivity contribution in [1.82, 2.24) is 4.98 Å². The Morgan fingerprint density at radius 2 is 1.83 bits per heavy atom. The van der Waals surface area contributed by atoms with E-state index in [1.54, 1.807) is 20.8 Å². The Bertz CT molecular complexity index is 829. The fourth-order valence-corrected chi connectivity index (χ4v) is 1.69. The van der Waals surface area contributed by atoms with E-state index in [9.17, 15) is 0 Å². The van der Waals surface area contributed by atoms with Gasteiger partial charge in [-0.3, -0.25) is 0 Å². The molecule has 0 atom stereocenters. The van der Waals surface area contributed by atoms with Crippen molar-refractivity contribution in [1.29, 1.82) is 0 Å². The van der Waals surface area contributed by atoms with Crippen LogP contribution in [0.4, 0.5) is 0 Å². The second-order valence-corrected chi connectivity index (χ2v) is 5.48. The quantitative estimate of drug-likeness (QED) is 0.594. The van der Waals surface area contributed by atoms with Crippen LogP contribution in [0, 0.1) is 25.2 Å². The zero-order valence-electron chi connectivity index (χ0n) is 22.6. The summed E-state index contributed by atoms with van der Waals surface area (Å²) in [5, 5.41) is 14.0. The van der Waals surface area contributed by atoms with Gasteiger partial charge in [0.05, 0.1) is 0 Å². The molecule has 0 amide bonds. The Morgan fingerprint density at radius 1 is 1.17 bits per heavy atom. The number of aliphatic hydroxyl groups is 2. The SMILES string of the molecule is CO.CO.[2H]C([2H])([2H])c1c[c-]c(-c2cc(C([2H])([2H])[2H])c(C([2H])([2H])C(C)(C)C)cn2)cc1.[Ir]. The number of nitrogens with zero attached hydrogens (tertiary/aromatic N) is 1. The number of hydrogen-bond donors (Lipinski definition) is 2. The van der Waals surface area contributed by atoms with Crippen molar-refractivity contribution < 1.29 is 41.3 Å². The summed E-state index contributed by atoms with van der Waals surface area (Å²) in [6.45, 7) is 0.325. The van der Waals surface area contributed by atoms with Crippen molar-refractivity contribution >= 4 is 0 Å². The van der Waals surface area contributed by atoms with Crippen LogP contribution in [-0.2, 0) is 26.5 Å². The molecule has 0 aliphatic heterocycles. The van der Waals surface area contributed by atoms with Crippen molar-refractivity contribution in [3.05, 3.63) is 53.2 Å². The molecular formula is C20H30IrNO2-. The number of hydrogen-bond acceptors (Lipinski definition) is 3. The maximum atomic E-state index is 8.42. The Hall–Kier alpha value is -1.06. The van der Waals surface area contributed by atoms with Gasteiger partial charge >= 0.3 is 0 Å². The minimum atomic E-state index is -2.52. The van der Waals surface area contributed by atoms with E-state index < -0.39 is 25.5 Å². The Kier molecular flexibility index (Phi) is 6.77. The van der Waals surface area contributed by atoms with Crippen LogP contribution in [0.25, 0.3) is 11.3 Å². The third-order valence-corrected chi connectivity index (χ3v) is 2.50. The molecule has 2 N–H and O–H groups in total. The first-order valence-electron chi connectivity index (χ1n) is 11.0. The van der Waals surface area contributed by atoms with E-state index in [-0.39, 0.29) is 36.8 Å². The number of aromatic nitrogens is 1. The van der Waals surface area contributed by atoms with Gasteiger partial charge < -0.3 is 15.2 Å². The van der Waals surface area contributed by atoms with Crippen molar-refractivity contribution in [2.45, 2.75) is 40.8 Å². The van der Waals surface area contributed by atoms with Crippen LogP contribution in [0.2, 0.25) is 0 Å². The van der Waals surface area contributed by atoms with Gasteiger partial charge in [-0.05, 0) is 29.9 Å². The van der Waals surface area contributed by atoms with Crippen LogP contribution in [-0.4, -0.2) is 29.4 Å². The molecule has 0 saturated heterocycles.